The fourth-order valence-electron chi connectivity index (χ4n) is 2.57. The molecule has 0 aliphatic heterocycles. The number of hydrogen-bond acceptors (Lipinski definition) is 3. The highest BCUT2D eigenvalue weighted by atomic mass is 16.2. The van der Waals surface area contributed by atoms with Crippen molar-refractivity contribution in [3.63, 3.8) is 0 Å². The largest absolute Gasteiger partial charge is 0.354 e. The van der Waals surface area contributed by atoms with E-state index < -0.39 is 0 Å². The number of hydrogen-bond donors (Lipinski definition) is 2. The van der Waals surface area contributed by atoms with Crippen LogP contribution in [0.4, 0.5) is 0 Å². The van der Waals surface area contributed by atoms with E-state index in [-0.39, 0.29) is 17.9 Å². The van der Waals surface area contributed by atoms with E-state index in [9.17, 15) is 9.59 Å². The molecule has 0 saturated carbocycles. The molecule has 0 aromatic heterocycles. The first-order valence-corrected chi connectivity index (χ1v) is 9.69. The van der Waals surface area contributed by atoms with Crippen molar-refractivity contribution in [1.82, 2.24) is 10.6 Å². The van der Waals surface area contributed by atoms with Gasteiger partial charge in [-0.15, -0.1) is 0 Å². The van der Waals surface area contributed by atoms with Crippen molar-refractivity contribution in [2.24, 2.45) is 4.99 Å². The Bertz CT molecular complexity index is 665. The zero-order chi connectivity index (χ0) is 20.2. The highest BCUT2D eigenvalue weighted by molar-refractivity contribution is 6.44. The predicted molar refractivity (Wildman–Crippen MR) is 112 cm³/mol. The van der Waals surface area contributed by atoms with Gasteiger partial charge in [-0.05, 0) is 50.7 Å². The van der Waals surface area contributed by atoms with E-state index in [1.807, 2.05) is 32.0 Å². The molecule has 0 radical (unpaired) electrons. The molecular weight excluding hydrogens is 338 g/mol. The summed E-state index contributed by atoms with van der Waals surface area (Å²) < 4.78 is 0. The van der Waals surface area contributed by atoms with Crippen LogP contribution in [0.1, 0.15) is 58.4 Å². The van der Waals surface area contributed by atoms with Gasteiger partial charge in [0.15, 0.2) is 0 Å². The second-order valence-corrected chi connectivity index (χ2v) is 6.91. The number of amides is 2. The average molecular weight is 372 g/mol. The monoisotopic (exact) mass is 371 g/mol. The summed E-state index contributed by atoms with van der Waals surface area (Å²) >= 11 is 0. The van der Waals surface area contributed by atoms with E-state index in [2.05, 4.69) is 34.7 Å². The Morgan fingerprint density at radius 3 is 2.41 bits per heavy atom. The summed E-state index contributed by atoms with van der Waals surface area (Å²) in [6.07, 6.45) is 4.29. The van der Waals surface area contributed by atoms with Gasteiger partial charge >= 0.3 is 0 Å². The van der Waals surface area contributed by atoms with Gasteiger partial charge in [0.2, 0.25) is 5.91 Å². The smallest absolute Gasteiger partial charge is 0.269 e. The zero-order valence-electron chi connectivity index (χ0n) is 17.2. The maximum absolute atomic E-state index is 12.2. The molecule has 0 aliphatic carbocycles. The lowest BCUT2D eigenvalue weighted by atomic mass is 9.96. The number of rotatable bonds is 10. The Kier molecular flexibility index (Phi) is 10.1. The summed E-state index contributed by atoms with van der Waals surface area (Å²) in [6, 6.07) is 10.5. The lowest BCUT2D eigenvalue weighted by Gasteiger charge is -2.12. The quantitative estimate of drug-likeness (QED) is 0.375. The van der Waals surface area contributed by atoms with Crippen LogP contribution < -0.4 is 10.6 Å². The average Bonchev–Trinajstić information content (AvgIpc) is 2.69. The van der Waals surface area contributed by atoms with Gasteiger partial charge in [-0.1, -0.05) is 44.2 Å². The summed E-state index contributed by atoms with van der Waals surface area (Å²) in [5.74, 6) is 0.00360. The standard InChI is InChI=1S/C22H33N3O2/c1-6-18(4)25-21(26)17(3)15-20(22(27)23-5)24-14-10-11-16(2)19-12-8-7-9-13-19/h7-9,12-13,15-16,18H,6,10-11,14H2,1-5H3,(H,23,27)(H,25,26)/b17-15+,24-20+/t16-,18?/m1/s1. The number of nitrogens with zero attached hydrogens (tertiary/aromatic N) is 1. The lowest BCUT2D eigenvalue weighted by Crippen LogP contribution is -2.33. The van der Waals surface area contributed by atoms with Crippen LogP contribution in [-0.2, 0) is 9.59 Å². The third-order valence-electron chi connectivity index (χ3n) is 4.61. The molecule has 0 spiro atoms. The van der Waals surface area contributed by atoms with Crippen molar-refractivity contribution < 1.29 is 9.59 Å². The van der Waals surface area contributed by atoms with Crippen LogP contribution in [0.3, 0.4) is 0 Å². The van der Waals surface area contributed by atoms with Crippen LogP contribution in [0.15, 0.2) is 47.0 Å². The first kappa shape index (κ1) is 22.6. The van der Waals surface area contributed by atoms with Gasteiger partial charge in [-0.2, -0.15) is 0 Å². The van der Waals surface area contributed by atoms with Gasteiger partial charge in [0.25, 0.3) is 5.91 Å². The summed E-state index contributed by atoms with van der Waals surface area (Å²) in [4.78, 5) is 28.7. The topological polar surface area (TPSA) is 70.6 Å². The lowest BCUT2D eigenvalue weighted by molar-refractivity contribution is -0.118. The van der Waals surface area contributed by atoms with Crippen LogP contribution in [0.5, 0.6) is 0 Å². The van der Waals surface area contributed by atoms with Crippen molar-refractivity contribution in [2.75, 3.05) is 13.6 Å². The summed E-state index contributed by atoms with van der Waals surface area (Å²) in [5.41, 5.74) is 2.09. The van der Waals surface area contributed by atoms with Crippen LogP contribution in [-0.4, -0.2) is 37.2 Å². The normalized spacial score (nSPS) is 14.4. The Balaban J connectivity index is 2.69. The predicted octanol–water partition coefficient (Wildman–Crippen LogP) is 3.62. The first-order valence-electron chi connectivity index (χ1n) is 9.69. The van der Waals surface area contributed by atoms with Gasteiger partial charge < -0.3 is 10.6 Å². The highest BCUT2D eigenvalue weighted by Crippen LogP contribution is 2.19. The molecule has 27 heavy (non-hydrogen) atoms. The third kappa shape index (κ3) is 8.20. The van der Waals surface area contributed by atoms with Crippen LogP contribution in [0.2, 0.25) is 0 Å². The minimum absolute atomic E-state index is 0.0979. The molecule has 0 fully saturated rings. The molecule has 0 heterocycles. The number of nitrogens with one attached hydrogen (secondary N) is 2. The number of carbonyl (C=O) groups excluding carboxylic acids is 2. The molecule has 5 nitrogen and oxygen atoms in total. The second-order valence-electron chi connectivity index (χ2n) is 6.91. The summed E-state index contributed by atoms with van der Waals surface area (Å²) in [6.45, 7) is 8.41. The van der Waals surface area contributed by atoms with Gasteiger partial charge in [0.1, 0.15) is 5.71 Å². The van der Waals surface area contributed by atoms with Gasteiger partial charge in [-0.3, -0.25) is 14.6 Å². The Morgan fingerprint density at radius 1 is 1.15 bits per heavy atom. The summed E-state index contributed by atoms with van der Waals surface area (Å²) in [5, 5.41) is 5.49. The van der Waals surface area contributed by atoms with Gasteiger partial charge in [0.05, 0.1) is 0 Å². The third-order valence-corrected chi connectivity index (χ3v) is 4.61. The minimum Gasteiger partial charge on any atom is -0.354 e. The van der Waals surface area contributed by atoms with E-state index >= 15 is 0 Å². The number of benzene rings is 1. The van der Waals surface area contributed by atoms with E-state index in [0.29, 0.717) is 23.7 Å². The molecule has 0 saturated heterocycles. The molecule has 2 atom stereocenters. The van der Waals surface area contributed by atoms with Crippen LogP contribution >= 0.6 is 0 Å². The van der Waals surface area contributed by atoms with Crippen molar-refractivity contribution in [3.05, 3.63) is 47.5 Å². The van der Waals surface area contributed by atoms with Gasteiger partial charge in [0, 0.05) is 25.2 Å². The fraction of sp³-hybridized carbons (Fsp3) is 0.500. The molecule has 1 aromatic carbocycles. The van der Waals surface area contributed by atoms with E-state index in [1.165, 1.54) is 5.56 Å². The van der Waals surface area contributed by atoms with Crippen molar-refractivity contribution in [3.8, 4) is 0 Å². The highest BCUT2D eigenvalue weighted by Gasteiger charge is 2.12. The second kappa shape index (κ2) is 12.0. The maximum atomic E-state index is 12.2. The molecule has 148 valence electrons. The molecule has 1 unspecified atom stereocenters. The molecule has 0 aliphatic rings. The van der Waals surface area contributed by atoms with E-state index in [4.69, 9.17) is 0 Å². The number of carbonyl (C=O) groups is 2. The molecule has 1 rings (SSSR count). The van der Waals surface area contributed by atoms with Crippen molar-refractivity contribution in [1.29, 1.82) is 0 Å². The molecule has 2 amide bonds. The summed E-state index contributed by atoms with van der Waals surface area (Å²) in [7, 11) is 1.57. The van der Waals surface area contributed by atoms with Crippen LogP contribution in [0, 0.1) is 0 Å². The fourth-order valence-corrected chi connectivity index (χ4v) is 2.57. The van der Waals surface area contributed by atoms with Crippen molar-refractivity contribution >= 4 is 17.5 Å². The zero-order valence-corrected chi connectivity index (χ0v) is 17.2. The van der Waals surface area contributed by atoms with Crippen LogP contribution in [0.25, 0.3) is 0 Å². The molecular formula is C22H33N3O2. The molecule has 5 heteroatoms. The van der Waals surface area contributed by atoms with Gasteiger partial charge in [-0.25, -0.2) is 0 Å². The van der Waals surface area contributed by atoms with Crippen molar-refractivity contribution in [2.45, 2.75) is 58.9 Å². The molecule has 2 N–H and O–H groups in total. The maximum Gasteiger partial charge on any atom is 0.269 e. The molecule has 0 bridgehead atoms. The first-order chi connectivity index (χ1) is 12.9. The minimum atomic E-state index is -0.276. The SMILES string of the molecule is CCC(C)NC(=O)/C(C)=C/C(=N\CCC[C@@H](C)c1ccccc1)C(=O)NC. The van der Waals surface area contributed by atoms with E-state index in [1.54, 1.807) is 20.0 Å². The number of aliphatic imine (C=N–C) groups is 1. The Hall–Kier alpha value is -2.43. The van der Waals surface area contributed by atoms with E-state index in [0.717, 1.165) is 19.3 Å². The Labute approximate surface area is 163 Å². The Morgan fingerprint density at radius 2 is 1.81 bits per heavy atom. The molecule has 1 aromatic rings.